The van der Waals surface area contributed by atoms with Gasteiger partial charge in [0, 0.05) is 27.7 Å². The molecule has 0 amide bonds. The molecule has 0 N–H and O–H groups in total. The average molecular weight is 809 g/mol. The number of aromatic nitrogens is 4. The highest BCUT2D eigenvalue weighted by Gasteiger charge is 2.61. The second-order valence-electron chi connectivity index (χ2n) is 16.6. The number of hydrogen-bond donors (Lipinski definition) is 0. The molecule has 7 heteroatoms. The molecular formula is C54H47B2ClN4+2. The number of hydrogen-bond acceptors (Lipinski definition) is 0. The normalized spacial score (nSPS) is 12.1. The van der Waals surface area contributed by atoms with Crippen LogP contribution < -0.4 is 25.9 Å². The minimum atomic E-state index is -0.625. The molecule has 0 unspecified atom stereocenters. The van der Waals surface area contributed by atoms with Crippen molar-refractivity contribution in [2.24, 2.45) is 0 Å². The van der Waals surface area contributed by atoms with Gasteiger partial charge < -0.3 is 0 Å². The molecule has 0 aliphatic carbocycles. The molecule has 3 heterocycles. The molecule has 0 atom stereocenters. The molecule has 1 aliphatic rings. The van der Waals surface area contributed by atoms with Gasteiger partial charge in [0.05, 0.1) is 0 Å². The first kappa shape index (κ1) is 38.6. The van der Waals surface area contributed by atoms with Crippen molar-refractivity contribution >= 4 is 41.5 Å². The lowest BCUT2D eigenvalue weighted by Gasteiger charge is -2.21. The average Bonchev–Trinajstić information content (AvgIpc) is 3.79. The third-order valence-electron chi connectivity index (χ3n) is 12.3. The molecule has 61 heavy (non-hydrogen) atoms. The Morgan fingerprint density at radius 2 is 0.689 bits per heavy atom. The topological polar surface area (TPSA) is 17.6 Å². The van der Waals surface area contributed by atoms with Crippen molar-refractivity contribution in [3.05, 3.63) is 209 Å². The van der Waals surface area contributed by atoms with Crippen molar-refractivity contribution in [2.45, 2.75) is 41.5 Å². The van der Waals surface area contributed by atoms with Crippen LogP contribution in [-0.4, -0.2) is 22.2 Å². The summed E-state index contributed by atoms with van der Waals surface area (Å²) in [5.41, 5.74) is 21.6. The van der Waals surface area contributed by atoms with Gasteiger partial charge in [-0.05, 0) is 63.8 Å². The van der Waals surface area contributed by atoms with E-state index >= 15 is 0 Å². The van der Waals surface area contributed by atoms with Gasteiger partial charge in [0.2, 0.25) is 11.4 Å². The fraction of sp³-hybridized carbons (Fsp3) is 0.111. The number of rotatable bonds is 7. The molecule has 0 bridgehead atoms. The van der Waals surface area contributed by atoms with Gasteiger partial charge in [0.15, 0.2) is 22.8 Å². The summed E-state index contributed by atoms with van der Waals surface area (Å²) < 4.78 is 10.2. The molecule has 10 rings (SSSR count). The van der Waals surface area contributed by atoms with Crippen molar-refractivity contribution in [1.82, 2.24) is 9.13 Å². The van der Waals surface area contributed by atoms with Crippen LogP contribution >= 0.6 is 11.5 Å². The van der Waals surface area contributed by atoms with Crippen LogP contribution in [-0.2, 0) is 0 Å². The second kappa shape index (κ2) is 15.4. The van der Waals surface area contributed by atoms with Gasteiger partial charge in [-0.15, -0.1) is 0 Å². The first-order valence-corrected chi connectivity index (χ1v) is 21.6. The maximum atomic E-state index is 8.55. The quantitative estimate of drug-likeness (QED) is 0.143. The van der Waals surface area contributed by atoms with Crippen LogP contribution in [0.25, 0.3) is 56.4 Å². The molecule has 1 aliphatic heterocycles. The molecule has 0 saturated heterocycles. The van der Waals surface area contributed by atoms with Crippen molar-refractivity contribution in [3.63, 3.8) is 0 Å². The summed E-state index contributed by atoms with van der Waals surface area (Å²) in [5, 5.41) is 0. The molecule has 0 radical (unpaired) electrons. The minimum absolute atomic E-state index is 0.351. The van der Waals surface area contributed by atoms with Gasteiger partial charge in [-0.3, -0.25) is 0 Å². The van der Waals surface area contributed by atoms with E-state index in [0.29, 0.717) is 0 Å². The number of fused-ring (bicyclic) bond motifs is 2. The van der Waals surface area contributed by atoms with E-state index in [1.54, 1.807) is 0 Å². The Hall–Kier alpha value is -6.62. The van der Waals surface area contributed by atoms with Crippen LogP contribution in [0.4, 0.5) is 0 Å². The molecule has 0 saturated carbocycles. The third kappa shape index (κ3) is 6.32. The predicted molar refractivity (Wildman–Crippen MR) is 256 cm³/mol. The minimum Gasteiger partial charge on any atom is -0.250 e. The predicted octanol–water partition coefficient (Wildman–Crippen LogP) is 9.81. The number of benzene rings is 7. The van der Waals surface area contributed by atoms with Crippen LogP contribution in [0.5, 0.6) is 0 Å². The van der Waals surface area contributed by atoms with Crippen LogP contribution in [0.2, 0.25) is 0 Å². The summed E-state index contributed by atoms with van der Waals surface area (Å²) in [7, 11) is 0. The highest BCUT2D eigenvalue weighted by molar-refractivity contribution is 7.20. The summed E-state index contributed by atoms with van der Waals surface area (Å²) in [6.07, 6.45) is -0.625. The lowest BCUT2D eigenvalue weighted by Crippen LogP contribution is -2.91. The van der Waals surface area contributed by atoms with E-state index in [1.807, 2.05) is 0 Å². The van der Waals surface area contributed by atoms with Gasteiger partial charge in [0.1, 0.15) is 11.4 Å². The Labute approximate surface area is 365 Å². The van der Waals surface area contributed by atoms with Crippen LogP contribution in [0.3, 0.4) is 0 Å². The monoisotopic (exact) mass is 808 g/mol. The zero-order chi connectivity index (χ0) is 41.9. The maximum Gasteiger partial charge on any atom is 0.658 e. The zero-order valence-electron chi connectivity index (χ0n) is 35.6. The molecule has 0 fully saturated rings. The van der Waals surface area contributed by atoms with E-state index in [2.05, 4.69) is 236 Å². The SMILES string of the molecule is Cc1cc(C)c(-n2c(-c3ccccc3)c(-c3ccccc3)[n+]3c2B(Cl)c2n(-c4c(C)cc(C)cc4C)c(-c4ccccc4)c(-c4ccccc4)[n+]2B3c2ccccc2)c(C)c1. The molecule has 4 nitrogen and oxygen atoms in total. The molecule has 9 aromatic rings. The van der Waals surface area contributed by atoms with Gasteiger partial charge in [0.25, 0.3) is 0 Å². The van der Waals surface area contributed by atoms with E-state index < -0.39 is 6.13 Å². The molecule has 294 valence electrons. The van der Waals surface area contributed by atoms with Crippen molar-refractivity contribution < 1.29 is 8.96 Å². The lowest BCUT2D eigenvalue weighted by molar-refractivity contribution is -0.643. The lowest BCUT2D eigenvalue weighted by atomic mass is 9.58. The Morgan fingerprint density at radius 3 is 1.02 bits per heavy atom. The van der Waals surface area contributed by atoms with Crippen molar-refractivity contribution in [3.8, 4) is 56.4 Å². The summed E-state index contributed by atoms with van der Waals surface area (Å²) in [5.74, 6) is 0. The van der Waals surface area contributed by atoms with Gasteiger partial charge in [-0.1, -0.05) is 187 Å². The van der Waals surface area contributed by atoms with Gasteiger partial charge in [-0.25, -0.2) is 18.1 Å². The summed E-state index contributed by atoms with van der Waals surface area (Å²) >= 11 is 8.55. The Bertz CT molecular complexity index is 2850. The summed E-state index contributed by atoms with van der Waals surface area (Å²) in [6.45, 7) is 13.0. The Balaban J connectivity index is 1.49. The van der Waals surface area contributed by atoms with E-state index in [4.69, 9.17) is 11.5 Å². The zero-order valence-corrected chi connectivity index (χ0v) is 36.3. The standard InChI is InChI=1S/C54H47B2ClN4/c1-36-32-38(3)47(39(4)33-36)58-49(42-22-12-7-13-23-42)51(44-26-16-9-17-27-44)60-53(58)55(57)54-59(48-40(5)34-37(2)35-41(48)6)50(43-24-14-8-15-25-43)52(45-28-18-10-19-29-45)61(54)56(60)46-30-20-11-21-31-46/h7-35H,1-6H3/q+2. The molecule has 2 aromatic heterocycles. The fourth-order valence-corrected chi connectivity index (χ4v) is 10.6. The molecule has 7 aromatic carbocycles. The van der Waals surface area contributed by atoms with E-state index in [1.165, 1.54) is 33.4 Å². The highest BCUT2D eigenvalue weighted by atomic mass is 35.5. The van der Waals surface area contributed by atoms with E-state index in [9.17, 15) is 0 Å². The van der Waals surface area contributed by atoms with E-state index in [-0.39, 0.29) is 6.98 Å². The number of nitrogens with zero attached hydrogens (tertiary/aromatic N) is 4. The van der Waals surface area contributed by atoms with E-state index in [0.717, 1.165) is 73.3 Å². The Kier molecular flexibility index (Phi) is 9.77. The highest BCUT2D eigenvalue weighted by Crippen LogP contribution is 2.38. The van der Waals surface area contributed by atoms with Gasteiger partial charge in [-0.2, -0.15) is 11.5 Å². The Morgan fingerprint density at radius 1 is 0.393 bits per heavy atom. The first-order valence-electron chi connectivity index (χ1n) is 21.2. The maximum absolute atomic E-state index is 8.55. The summed E-state index contributed by atoms with van der Waals surface area (Å²) in [4.78, 5) is 0. The largest absolute Gasteiger partial charge is 0.658 e. The van der Waals surface area contributed by atoms with Crippen LogP contribution in [0.1, 0.15) is 33.4 Å². The first-order chi connectivity index (χ1) is 29.7. The molecule has 0 spiro atoms. The molecular weight excluding hydrogens is 762 g/mol. The van der Waals surface area contributed by atoms with Crippen molar-refractivity contribution in [2.75, 3.05) is 0 Å². The number of aryl methyl sites for hydroxylation is 6. The smallest absolute Gasteiger partial charge is 0.250 e. The van der Waals surface area contributed by atoms with Crippen molar-refractivity contribution in [1.29, 1.82) is 0 Å². The van der Waals surface area contributed by atoms with Crippen LogP contribution in [0, 0.1) is 41.5 Å². The second-order valence-corrected chi connectivity index (χ2v) is 17.1. The van der Waals surface area contributed by atoms with Crippen LogP contribution in [0.15, 0.2) is 176 Å². The number of halogens is 1. The fourth-order valence-electron chi connectivity index (χ4n) is 10.2. The summed E-state index contributed by atoms with van der Waals surface area (Å²) in [6, 6.07) is 63.8. The number of imidazole rings is 2. The third-order valence-corrected chi connectivity index (χ3v) is 12.7. The van der Waals surface area contributed by atoms with Gasteiger partial charge >= 0.3 is 13.1 Å².